The molecular weight excluding hydrogens is 346 g/mol. The summed E-state index contributed by atoms with van der Waals surface area (Å²) >= 11 is 0. The second-order valence-corrected chi connectivity index (χ2v) is 5.94. The highest BCUT2D eigenvalue weighted by atomic mass is 16.5. The van der Waals surface area contributed by atoms with Crippen LogP contribution in [0.2, 0.25) is 0 Å². The van der Waals surface area contributed by atoms with Crippen molar-refractivity contribution in [1.29, 1.82) is 0 Å². The highest BCUT2D eigenvalue weighted by molar-refractivity contribution is 5.97. The van der Waals surface area contributed by atoms with Crippen molar-refractivity contribution in [3.05, 3.63) is 65.7 Å². The molecular formula is C20H23N3O4. The first kappa shape index (κ1) is 20.1. The Kier molecular flexibility index (Phi) is 7.51. The quantitative estimate of drug-likeness (QED) is 0.611. The molecule has 7 nitrogen and oxygen atoms in total. The maximum Gasteiger partial charge on any atom is 0.307 e. The molecule has 0 spiro atoms. The summed E-state index contributed by atoms with van der Waals surface area (Å²) in [5.41, 5.74) is 7.91. The molecule has 2 aromatic rings. The van der Waals surface area contributed by atoms with Crippen LogP contribution in [0.4, 0.5) is 5.69 Å². The highest BCUT2D eigenvalue weighted by Gasteiger charge is 2.14. The number of nitrogens with two attached hydrogens (primary N) is 1. The molecule has 0 bridgehead atoms. The number of anilines is 1. The van der Waals surface area contributed by atoms with Crippen LogP contribution in [0.5, 0.6) is 0 Å². The summed E-state index contributed by atoms with van der Waals surface area (Å²) in [6.45, 7) is 0.193. The zero-order valence-corrected chi connectivity index (χ0v) is 15.1. The van der Waals surface area contributed by atoms with Gasteiger partial charge >= 0.3 is 5.97 Å². The number of carbonyl (C=O) groups excluding carboxylic acids is 3. The maximum absolute atomic E-state index is 12.2. The van der Waals surface area contributed by atoms with E-state index < -0.39 is 6.04 Å². The van der Waals surface area contributed by atoms with Crippen LogP contribution >= 0.6 is 0 Å². The minimum Gasteiger partial charge on any atom is -0.469 e. The van der Waals surface area contributed by atoms with E-state index in [1.165, 1.54) is 7.11 Å². The van der Waals surface area contributed by atoms with Crippen molar-refractivity contribution in [2.45, 2.75) is 18.9 Å². The standard InChI is InChI=1S/C20H23N3O4/c1-27-18(24)11-12-22-19(25)15-7-9-16(10-8-15)23-20(26)17(21)13-14-5-3-2-4-6-14/h2-10,17H,11-13,21H2,1H3,(H,22,25)(H,23,26)/t17-/m0/s1. The number of nitrogens with one attached hydrogen (secondary N) is 2. The summed E-state index contributed by atoms with van der Waals surface area (Å²) in [7, 11) is 1.29. The molecule has 0 saturated heterocycles. The van der Waals surface area contributed by atoms with Gasteiger partial charge in [-0.1, -0.05) is 30.3 Å². The third-order valence-corrected chi connectivity index (χ3v) is 3.89. The van der Waals surface area contributed by atoms with Gasteiger partial charge in [-0.25, -0.2) is 0 Å². The van der Waals surface area contributed by atoms with Crippen molar-refractivity contribution in [2.24, 2.45) is 5.73 Å². The summed E-state index contributed by atoms with van der Waals surface area (Å²) in [6.07, 6.45) is 0.545. The third kappa shape index (κ3) is 6.56. The van der Waals surface area contributed by atoms with Gasteiger partial charge in [-0.2, -0.15) is 0 Å². The van der Waals surface area contributed by atoms with Crippen LogP contribution in [0.25, 0.3) is 0 Å². The molecule has 0 heterocycles. The molecule has 0 fully saturated rings. The van der Waals surface area contributed by atoms with Crippen molar-refractivity contribution in [2.75, 3.05) is 19.0 Å². The molecule has 142 valence electrons. The first-order valence-corrected chi connectivity index (χ1v) is 8.55. The summed E-state index contributed by atoms with van der Waals surface area (Å²) in [6, 6.07) is 15.3. The number of carbonyl (C=O) groups is 3. The molecule has 2 rings (SSSR count). The maximum atomic E-state index is 12.2. The third-order valence-electron chi connectivity index (χ3n) is 3.89. The lowest BCUT2D eigenvalue weighted by atomic mass is 10.1. The van der Waals surface area contributed by atoms with Gasteiger partial charge in [0.15, 0.2) is 0 Å². The van der Waals surface area contributed by atoms with E-state index in [1.807, 2.05) is 30.3 Å². The Morgan fingerprint density at radius 3 is 2.33 bits per heavy atom. The lowest BCUT2D eigenvalue weighted by molar-refractivity contribution is -0.140. The zero-order chi connectivity index (χ0) is 19.6. The summed E-state index contributed by atoms with van der Waals surface area (Å²) < 4.78 is 4.51. The largest absolute Gasteiger partial charge is 0.469 e. The fourth-order valence-corrected chi connectivity index (χ4v) is 2.38. The van der Waals surface area contributed by atoms with E-state index >= 15 is 0 Å². The second-order valence-electron chi connectivity index (χ2n) is 5.94. The van der Waals surface area contributed by atoms with Gasteiger partial charge in [0.05, 0.1) is 19.6 Å². The average molecular weight is 369 g/mol. The first-order chi connectivity index (χ1) is 13.0. The fourth-order valence-electron chi connectivity index (χ4n) is 2.38. The molecule has 0 aliphatic rings. The average Bonchev–Trinajstić information content (AvgIpc) is 2.69. The van der Waals surface area contributed by atoms with Crippen LogP contribution in [-0.2, 0) is 20.7 Å². The fraction of sp³-hybridized carbons (Fsp3) is 0.250. The molecule has 0 aliphatic carbocycles. The van der Waals surface area contributed by atoms with E-state index in [0.29, 0.717) is 17.7 Å². The number of ether oxygens (including phenoxy) is 1. The lowest BCUT2D eigenvalue weighted by Gasteiger charge is -2.13. The van der Waals surface area contributed by atoms with E-state index in [4.69, 9.17) is 5.73 Å². The summed E-state index contributed by atoms with van der Waals surface area (Å²) in [4.78, 5) is 35.2. The smallest absolute Gasteiger partial charge is 0.307 e. The molecule has 0 radical (unpaired) electrons. The topological polar surface area (TPSA) is 111 Å². The van der Waals surface area contributed by atoms with Crippen LogP contribution < -0.4 is 16.4 Å². The molecule has 7 heteroatoms. The van der Waals surface area contributed by atoms with Crippen molar-refractivity contribution >= 4 is 23.5 Å². The molecule has 0 aromatic heterocycles. The van der Waals surface area contributed by atoms with E-state index in [1.54, 1.807) is 24.3 Å². The molecule has 0 aliphatic heterocycles. The number of methoxy groups -OCH3 is 1. The monoisotopic (exact) mass is 369 g/mol. The lowest BCUT2D eigenvalue weighted by Crippen LogP contribution is -2.37. The molecule has 0 saturated carbocycles. The number of hydrogen-bond donors (Lipinski definition) is 3. The van der Waals surface area contributed by atoms with Crippen molar-refractivity contribution < 1.29 is 19.1 Å². The van der Waals surface area contributed by atoms with Gasteiger partial charge in [-0.15, -0.1) is 0 Å². The van der Waals surface area contributed by atoms with Crippen LogP contribution in [0.1, 0.15) is 22.3 Å². The summed E-state index contributed by atoms with van der Waals surface area (Å²) in [5, 5.41) is 5.36. The van der Waals surface area contributed by atoms with Gasteiger partial charge in [-0.05, 0) is 36.2 Å². The van der Waals surface area contributed by atoms with Crippen LogP contribution in [0.15, 0.2) is 54.6 Å². The number of amides is 2. The van der Waals surface area contributed by atoms with Gasteiger partial charge in [-0.3, -0.25) is 14.4 Å². The normalized spacial score (nSPS) is 11.3. The van der Waals surface area contributed by atoms with Gasteiger partial charge < -0.3 is 21.1 Å². The minimum absolute atomic E-state index is 0.107. The SMILES string of the molecule is COC(=O)CCNC(=O)c1ccc(NC(=O)[C@@H](N)Cc2ccccc2)cc1. The molecule has 2 aromatic carbocycles. The molecule has 1 atom stereocenters. The van der Waals surface area contributed by atoms with Gasteiger partial charge in [0.1, 0.15) is 0 Å². The Balaban J connectivity index is 1.84. The van der Waals surface area contributed by atoms with Crippen LogP contribution in [0.3, 0.4) is 0 Å². The van der Waals surface area contributed by atoms with Gasteiger partial charge in [0, 0.05) is 17.8 Å². The molecule has 27 heavy (non-hydrogen) atoms. The molecule has 0 unspecified atom stereocenters. The van der Waals surface area contributed by atoms with Crippen LogP contribution in [-0.4, -0.2) is 37.5 Å². The minimum atomic E-state index is -0.673. The number of benzene rings is 2. The Morgan fingerprint density at radius 2 is 1.70 bits per heavy atom. The molecule has 2 amide bonds. The zero-order valence-electron chi connectivity index (χ0n) is 15.1. The number of esters is 1. The molecule has 4 N–H and O–H groups in total. The van der Waals surface area contributed by atoms with Crippen LogP contribution in [0, 0.1) is 0 Å². The predicted octanol–water partition coefficient (Wildman–Crippen LogP) is 1.49. The Bertz CT molecular complexity index is 776. The Labute approximate surface area is 157 Å². The predicted molar refractivity (Wildman–Crippen MR) is 102 cm³/mol. The van der Waals surface area contributed by atoms with Gasteiger partial charge in [0.2, 0.25) is 5.91 Å². The highest BCUT2D eigenvalue weighted by Crippen LogP contribution is 2.11. The Morgan fingerprint density at radius 1 is 1.04 bits per heavy atom. The Hall–Kier alpha value is -3.19. The second kappa shape index (κ2) is 10.1. The summed E-state index contributed by atoms with van der Waals surface area (Å²) in [5.74, 6) is -0.994. The first-order valence-electron chi connectivity index (χ1n) is 8.55. The van der Waals surface area contributed by atoms with Crippen molar-refractivity contribution in [3.8, 4) is 0 Å². The van der Waals surface area contributed by atoms with Crippen molar-refractivity contribution in [3.63, 3.8) is 0 Å². The van der Waals surface area contributed by atoms with E-state index in [2.05, 4.69) is 15.4 Å². The number of hydrogen-bond acceptors (Lipinski definition) is 5. The van der Waals surface area contributed by atoms with Gasteiger partial charge in [0.25, 0.3) is 5.91 Å². The number of rotatable bonds is 8. The van der Waals surface area contributed by atoms with E-state index in [-0.39, 0.29) is 30.7 Å². The van der Waals surface area contributed by atoms with Crippen molar-refractivity contribution in [1.82, 2.24) is 5.32 Å². The van der Waals surface area contributed by atoms with E-state index in [0.717, 1.165) is 5.56 Å². The van der Waals surface area contributed by atoms with E-state index in [9.17, 15) is 14.4 Å².